The molecular formula is C10H10ClFN4. The molecule has 0 unspecified atom stereocenters. The van der Waals surface area contributed by atoms with Crippen LogP contribution < -0.4 is 0 Å². The van der Waals surface area contributed by atoms with Crippen molar-refractivity contribution in [2.75, 3.05) is 5.88 Å². The Morgan fingerprint density at radius 2 is 2.25 bits per heavy atom. The molecule has 0 amide bonds. The van der Waals surface area contributed by atoms with Crippen LogP contribution in [0.25, 0.3) is 0 Å². The predicted molar refractivity (Wildman–Crippen MR) is 57.7 cm³/mol. The Balaban J connectivity index is 2.08. The lowest BCUT2D eigenvalue weighted by Gasteiger charge is -1.99. The summed E-state index contributed by atoms with van der Waals surface area (Å²) in [4.78, 5) is 3.77. The van der Waals surface area contributed by atoms with E-state index in [0.29, 0.717) is 18.8 Å². The maximum atomic E-state index is 12.9. The Bertz CT molecular complexity index is 471. The van der Waals surface area contributed by atoms with Gasteiger partial charge >= 0.3 is 0 Å². The van der Waals surface area contributed by atoms with Gasteiger partial charge in [0, 0.05) is 24.7 Å². The van der Waals surface area contributed by atoms with Gasteiger partial charge in [-0.05, 0) is 11.6 Å². The molecular weight excluding hydrogens is 231 g/mol. The Labute approximate surface area is 97.1 Å². The zero-order valence-corrected chi connectivity index (χ0v) is 9.23. The molecule has 0 bridgehead atoms. The van der Waals surface area contributed by atoms with Crippen LogP contribution in [0.4, 0.5) is 4.39 Å². The van der Waals surface area contributed by atoms with E-state index in [1.807, 2.05) is 0 Å². The van der Waals surface area contributed by atoms with Gasteiger partial charge in [0.1, 0.15) is 5.82 Å². The number of aryl methyl sites for hydroxylation is 1. The second-order valence-electron chi connectivity index (χ2n) is 3.36. The summed E-state index contributed by atoms with van der Waals surface area (Å²) in [6, 6.07) is 1.43. The van der Waals surface area contributed by atoms with E-state index in [4.69, 9.17) is 11.6 Å². The normalized spacial score (nSPS) is 10.6. The van der Waals surface area contributed by atoms with Gasteiger partial charge in [-0.3, -0.25) is 4.98 Å². The van der Waals surface area contributed by atoms with Crippen molar-refractivity contribution in [2.24, 2.45) is 0 Å². The Kier molecular flexibility index (Phi) is 3.46. The Morgan fingerprint density at radius 1 is 1.38 bits per heavy atom. The van der Waals surface area contributed by atoms with Crippen LogP contribution >= 0.6 is 11.6 Å². The third-order valence-electron chi connectivity index (χ3n) is 2.04. The first-order valence-electron chi connectivity index (χ1n) is 4.82. The van der Waals surface area contributed by atoms with Crippen LogP contribution in [-0.2, 0) is 13.0 Å². The molecule has 2 aromatic rings. The van der Waals surface area contributed by atoms with Gasteiger partial charge in [-0.25, -0.2) is 9.07 Å². The molecule has 0 aliphatic heterocycles. The summed E-state index contributed by atoms with van der Waals surface area (Å²) in [5, 5.41) is 7.86. The molecule has 0 aliphatic carbocycles. The molecule has 0 N–H and O–H groups in total. The highest BCUT2D eigenvalue weighted by atomic mass is 35.5. The maximum Gasteiger partial charge on any atom is 0.141 e. The van der Waals surface area contributed by atoms with Crippen LogP contribution in [0, 0.1) is 5.82 Å². The van der Waals surface area contributed by atoms with Crippen molar-refractivity contribution in [1.29, 1.82) is 0 Å². The minimum atomic E-state index is -0.349. The van der Waals surface area contributed by atoms with E-state index < -0.39 is 0 Å². The summed E-state index contributed by atoms with van der Waals surface area (Å²) in [5.74, 6) is 0.166. The summed E-state index contributed by atoms with van der Waals surface area (Å²) < 4.78 is 14.5. The van der Waals surface area contributed by atoms with Crippen molar-refractivity contribution < 1.29 is 4.39 Å². The molecule has 0 saturated carbocycles. The first-order chi connectivity index (χ1) is 7.78. The molecule has 2 aromatic heterocycles. The number of pyridine rings is 1. The van der Waals surface area contributed by atoms with Crippen molar-refractivity contribution >= 4 is 11.6 Å². The van der Waals surface area contributed by atoms with E-state index in [9.17, 15) is 4.39 Å². The molecule has 0 atom stereocenters. The molecule has 2 heterocycles. The standard InChI is InChI=1S/C10H10ClFN4/c11-2-1-10-7-16(15-14-10)6-8-3-9(12)5-13-4-8/h3-5,7H,1-2,6H2. The lowest BCUT2D eigenvalue weighted by atomic mass is 10.3. The lowest BCUT2D eigenvalue weighted by molar-refractivity contribution is 0.607. The predicted octanol–water partition coefficient (Wildman–Crippen LogP) is 1.64. The summed E-state index contributed by atoms with van der Waals surface area (Å²) in [7, 11) is 0. The number of hydrogen-bond acceptors (Lipinski definition) is 3. The van der Waals surface area contributed by atoms with Gasteiger partial charge in [0.05, 0.1) is 18.4 Å². The van der Waals surface area contributed by atoms with Crippen LogP contribution in [0.15, 0.2) is 24.7 Å². The van der Waals surface area contributed by atoms with E-state index in [-0.39, 0.29) is 5.82 Å². The molecule has 0 aromatic carbocycles. The monoisotopic (exact) mass is 240 g/mol. The third kappa shape index (κ3) is 2.76. The summed E-state index contributed by atoms with van der Waals surface area (Å²) in [6.45, 7) is 0.458. The molecule has 0 spiro atoms. The van der Waals surface area contributed by atoms with E-state index >= 15 is 0 Å². The number of alkyl halides is 1. The topological polar surface area (TPSA) is 43.6 Å². The average Bonchev–Trinajstić information content (AvgIpc) is 2.66. The third-order valence-corrected chi connectivity index (χ3v) is 2.23. The van der Waals surface area contributed by atoms with E-state index in [0.717, 1.165) is 11.3 Å². The van der Waals surface area contributed by atoms with Crippen LogP contribution in [-0.4, -0.2) is 25.9 Å². The molecule has 0 saturated heterocycles. The SMILES string of the molecule is Fc1cncc(Cn2cc(CCCl)nn2)c1. The fraction of sp³-hybridized carbons (Fsp3) is 0.300. The highest BCUT2D eigenvalue weighted by Gasteiger charge is 2.02. The highest BCUT2D eigenvalue weighted by molar-refractivity contribution is 6.17. The number of aromatic nitrogens is 4. The van der Waals surface area contributed by atoms with Crippen molar-refractivity contribution in [2.45, 2.75) is 13.0 Å². The van der Waals surface area contributed by atoms with Crippen LogP contribution in [0.1, 0.15) is 11.3 Å². The lowest BCUT2D eigenvalue weighted by Crippen LogP contribution is -2.01. The van der Waals surface area contributed by atoms with Crippen molar-refractivity contribution in [3.63, 3.8) is 0 Å². The van der Waals surface area contributed by atoms with E-state index in [2.05, 4.69) is 15.3 Å². The van der Waals surface area contributed by atoms with Gasteiger partial charge in [-0.1, -0.05) is 5.21 Å². The van der Waals surface area contributed by atoms with Gasteiger partial charge in [0.15, 0.2) is 0 Å². The fourth-order valence-electron chi connectivity index (χ4n) is 1.36. The summed E-state index contributed by atoms with van der Waals surface area (Å²) >= 11 is 5.59. The molecule has 0 aliphatic rings. The van der Waals surface area contributed by atoms with Gasteiger partial charge in [0.25, 0.3) is 0 Å². The molecule has 0 fully saturated rings. The quantitative estimate of drug-likeness (QED) is 0.764. The smallest absolute Gasteiger partial charge is 0.141 e. The van der Waals surface area contributed by atoms with Gasteiger partial charge in [-0.15, -0.1) is 16.7 Å². The van der Waals surface area contributed by atoms with Crippen LogP contribution in [0.2, 0.25) is 0 Å². The van der Waals surface area contributed by atoms with Crippen molar-refractivity contribution in [3.8, 4) is 0 Å². The fourth-order valence-corrected chi connectivity index (χ4v) is 1.55. The first-order valence-corrected chi connectivity index (χ1v) is 5.36. The van der Waals surface area contributed by atoms with Crippen LogP contribution in [0.5, 0.6) is 0 Å². The summed E-state index contributed by atoms with van der Waals surface area (Å²) in [6.07, 6.45) is 5.26. The molecule has 84 valence electrons. The van der Waals surface area contributed by atoms with Crippen molar-refractivity contribution in [1.82, 2.24) is 20.0 Å². The Hall–Kier alpha value is -1.49. The Morgan fingerprint density at radius 3 is 3.00 bits per heavy atom. The maximum absolute atomic E-state index is 12.9. The second kappa shape index (κ2) is 5.03. The van der Waals surface area contributed by atoms with E-state index in [1.54, 1.807) is 17.1 Å². The number of rotatable bonds is 4. The zero-order chi connectivity index (χ0) is 11.4. The number of nitrogens with zero attached hydrogens (tertiary/aromatic N) is 4. The largest absolute Gasteiger partial charge is 0.261 e. The summed E-state index contributed by atoms with van der Waals surface area (Å²) in [5.41, 5.74) is 1.58. The van der Waals surface area contributed by atoms with Crippen molar-refractivity contribution in [3.05, 3.63) is 41.7 Å². The minimum absolute atomic E-state index is 0.349. The van der Waals surface area contributed by atoms with Gasteiger partial charge < -0.3 is 0 Å². The zero-order valence-electron chi connectivity index (χ0n) is 8.48. The average molecular weight is 241 g/mol. The second-order valence-corrected chi connectivity index (χ2v) is 3.74. The van der Waals surface area contributed by atoms with Crippen LogP contribution in [0.3, 0.4) is 0 Å². The van der Waals surface area contributed by atoms with Gasteiger partial charge in [-0.2, -0.15) is 0 Å². The molecule has 2 rings (SSSR count). The molecule has 6 heteroatoms. The number of hydrogen-bond donors (Lipinski definition) is 0. The molecule has 4 nitrogen and oxygen atoms in total. The first kappa shape index (κ1) is 11.0. The van der Waals surface area contributed by atoms with E-state index in [1.165, 1.54) is 12.3 Å². The molecule has 16 heavy (non-hydrogen) atoms. The highest BCUT2D eigenvalue weighted by Crippen LogP contribution is 2.04. The minimum Gasteiger partial charge on any atom is -0.261 e. The molecule has 0 radical (unpaired) electrons. The number of halogens is 2. The van der Waals surface area contributed by atoms with Gasteiger partial charge in [0.2, 0.25) is 0 Å².